The Kier molecular flexibility index (Phi) is 5.16. The second-order valence-electron chi connectivity index (χ2n) is 7.12. The van der Waals surface area contributed by atoms with Crippen molar-refractivity contribution in [3.63, 3.8) is 0 Å². The van der Waals surface area contributed by atoms with Crippen molar-refractivity contribution in [3.05, 3.63) is 40.4 Å². The first-order valence-corrected chi connectivity index (χ1v) is 10.2. The summed E-state index contributed by atoms with van der Waals surface area (Å²) in [6.45, 7) is 9.29. The summed E-state index contributed by atoms with van der Waals surface area (Å²) >= 11 is 1.48. The molecule has 3 aromatic heterocycles. The van der Waals surface area contributed by atoms with Crippen molar-refractivity contribution in [2.75, 3.05) is 38.2 Å². The minimum absolute atomic E-state index is 0.0951. The van der Waals surface area contributed by atoms with Crippen molar-refractivity contribution in [2.24, 2.45) is 0 Å². The molecule has 6 nitrogen and oxygen atoms in total. The van der Waals surface area contributed by atoms with Crippen molar-refractivity contribution in [2.45, 2.75) is 26.8 Å². The van der Waals surface area contributed by atoms with Gasteiger partial charge in [0, 0.05) is 43.6 Å². The van der Waals surface area contributed by atoms with Gasteiger partial charge in [-0.3, -0.25) is 4.90 Å². The largest absolute Gasteiger partial charge is 0.481 e. The standard InChI is InChI=1S/C20H24FN5OS/c1-12-9-15(10-18(22-12)27-4)26-7-5-25(6-8-26)13(2)19-16(21)11-17-20(24-19)23-14(3)28-17/h9-11,13H,5-8H2,1-4H3. The van der Waals surface area contributed by atoms with E-state index in [9.17, 15) is 4.39 Å². The highest BCUT2D eigenvalue weighted by atomic mass is 32.1. The number of halogens is 1. The molecular formula is C20H24FN5OS. The van der Waals surface area contributed by atoms with Crippen LogP contribution in [0.3, 0.4) is 0 Å². The van der Waals surface area contributed by atoms with Gasteiger partial charge < -0.3 is 9.64 Å². The van der Waals surface area contributed by atoms with E-state index >= 15 is 0 Å². The predicted octanol–water partition coefficient (Wildman–Crippen LogP) is 3.73. The summed E-state index contributed by atoms with van der Waals surface area (Å²) in [6.07, 6.45) is 0. The molecule has 148 valence electrons. The molecule has 4 rings (SSSR count). The van der Waals surface area contributed by atoms with E-state index in [0.717, 1.165) is 47.3 Å². The quantitative estimate of drug-likeness (QED) is 0.664. The Morgan fingerprint density at radius 1 is 1.07 bits per heavy atom. The Labute approximate surface area is 168 Å². The summed E-state index contributed by atoms with van der Waals surface area (Å²) in [6, 6.07) is 5.51. The Morgan fingerprint density at radius 3 is 2.54 bits per heavy atom. The topological polar surface area (TPSA) is 54.4 Å². The van der Waals surface area contributed by atoms with Crippen LogP contribution < -0.4 is 9.64 Å². The molecule has 0 aliphatic carbocycles. The highest BCUT2D eigenvalue weighted by Crippen LogP contribution is 2.29. The van der Waals surface area contributed by atoms with Crippen molar-refractivity contribution < 1.29 is 9.13 Å². The van der Waals surface area contributed by atoms with Gasteiger partial charge in [0.1, 0.15) is 5.82 Å². The molecule has 3 aromatic rings. The SMILES string of the molecule is COc1cc(N2CCN(C(C)c3nc4nc(C)sc4cc3F)CC2)cc(C)n1. The number of thiazole rings is 1. The zero-order chi connectivity index (χ0) is 19.8. The van der Waals surface area contributed by atoms with Crippen LogP contribution in [-0.4, -0.2) is 53.1 Å². The number of hydrogen-bond donors (Lipinski definition) is 0. The molecule has 0 radical (unpaired) electrons. The number of fused-ring (bicyclic) bond motifs is 1. The number of anilines is 1. The Morgan fingerprint density at radius 2 is 1.82 bits per heavy atom. The lowest BCUT2D eigenvalue weighted by Crippen LogP contribution is -2.47. The van der Waals surface area contributed by atoms with Gasteiger partial charge in [0.05, 0.1) is 28.6 Å². The van der Waals surface area contributed by atoms with Gasteiger partial charge >= 0.3 is 0 Å². The van der Waals surface area contributed by atoms with Crippen LogP contribution in [-0.2, 0) is 0 Å². The molecule has 0 N–H and O–H groups in total. The molecule has 0 aromatic carbocycles. The van der Waals surface area contributed by atoms with Crippen LogP contribution in [0.4, 0.5) is 10.1 Å². The van der Waals surface area contributed by atoms with Crippen molar-refractivity contribution in [1.82, 2.24) is 19.9 Å². The molecule has 0 bridgehead atoms. The first-order valence-electron chi connectivity index (χ1n) is 9.40. The van der Waals surface area contributed by atoms with Gasteiger partial charge in [-0.15, -0.1) is 11.3 Å². The molecule has 0 amide bonds. The summed E-state index contributed by atoms with van der Waals surface area (Å²) in [5, 5.41) is 0.906. The van der Waals surface area contributed by atoms with Gasteiger partial charge in [-0.05, 0) is 32.9 Å². The normalized spacial score (nSPS) is 16.5. The van der Waals surface area contributed by atoms with Crippen molar-refractivity contribution >= 4 is 27.4 Å². The number of nitrogens with zero attached hydrogens (tertiary/aromatic N) is 5. The molecule has 1 unspecified atom stereocenters. The average Bonchev–Trinajstić information content (AvgIpc) is 3.05. The minimum Gasteiger partial charge on any atom is -0.481 e. The molecule has 1 saturated heterocycles. The van der Waals surface area contributed by atoms with Gasteiger partial charge in [-0.25, -0.2) is 19.3 Å². The molecule has 0 saturated carbocycles. The van der Waals surface area contributed by atoms with Gasteiger partial charge in [-0.1, -0.05) is 0 Å². The Hall–Kier alpha value is -2.32. The fourth-order valence-corrected chi connectivity index (χ4v) is 4.50. The molecule has 0 spiro atoms. The Balaban J connectivity index is 1.49. The number of rotatable bonds is 4. The van der Waals surface area contributed by atoms with Crippen LogP contribution in [0.15, 0.2) is 18.2 Å². The van der Waals surface area contributed by atoms with Crippen LogP contribution in [0.2, 0.25) is 0 Å². The third kappa shape index (κ3) is 3.66. The lowest BCUT2D eigenvalue weighted by molar-refractivity contribution is 0.191. The van der Waals surface area contributed by atoms with Gasteiger partial charge in [0.15, 0.2) is 5.65 Å². The van der Waals surface area contributed by atoms with E-state index < -0.39 is 0 Å². The maximum Gasteiger partial charge on any atom is 0.215 e. The van der Waals surface area contributed by atoms with E-state index in [1.165, 1.54) is 11.3 Å². The number of hydrogen-bond acceptors (Lipinski definition) is 7. The minimum atomic E-state index is -0.249. The number of ether oxygens (including phenoxy) is 1. The maximum atomic E-state index is 14.7. The molecule has 28 heavy (non-hydrogen) atoms. The van der Waals surface area contributed by atoms with Crippen molar-refractivity contribution in [3.8, 4) is 5.88 Å². The van der Waals surface area contributed by atoms with E-state index in [0.29, 0.717) is 17.2 Å². The van der Waals surface area contributed by atoms with Gasteiger partial charge in [-0.2, -0.15) is 0 Å². The number of methoxy groups -OCH3 is 1. The monoisotopic (exact) mass is 401 g/mol. The van der Waals surface area contributed by atoms with Gasteiger partial charge in [0.25, 0.3) is 0 Å². The predicted molar refractivity (Wildman–Crippen MR) is 110 cm³/mol. The van der Waals surface area contributed by atoms with E-state index in [1.807, 2.05) is 26.8 Å². The summed E-state index contributed by atoms with van der Waals surface area (Å²) in [5.74, 6) is 0.379. The lowest BCUT2D eigenvalue weighted by Gasteiger charge is -2.39. The molecule has 1 aliphatic heterocycles. The van der Waals surface area contributed by atoms with E-state index in [1.54, 1.807) is 13.2 Å². The summed E-state index contributed by atoms with van der Waals surface area (Å²) in [7, 11) is 1.63. The van der Waals surface area contributed by atoms with Crippen LogP contribution in [0.1, 0.15) is 29.4 Å². The summed E-state index contributed by atoms with van der Waals surface area (Å²) in [5.41, 5.74) is 3.17. The van der Waals surface area contributed by atoms with Crippen LogP contribution in [0, 0.1) is 19.7 Å². The van der Waals surface area contributed by atoms with E-state index in [4.69, 9.17) is 4.74 Å². The van der Waals surface area contributed by atoms with Gasteiger partial charge in [0.2, 0.25) is 5.88 Å². The molecular weight excluding hydrogens is 377 g/mol. The summed E-state index contributed by atoms with van der Waals surface area (Å²) in [4.78, 5) is 17.9. The third-order valence-corrected chi connectivity index (χ3v) is 6.12. The second kappa shape index (κ2) is 7.60. The lowest BCUT2D eigenvalue weighted by atomic mass is 10.1. The maximum absolute atomic E-state index is 14.7. The number of pyridine rings is 2. The average molecular weight is 402 g/mol. The first kappa shape index (κ1) is 19.0. The van der Waals surface area contributed by atoms with E-state index in [2.05, 4.69) is 30.8 Å². The highest BCUT2D eigenvalue weighted by molar-refractivity contribution is 7.18. The fraction of sp³-hybridized carbons (Fsp3) is 0.450. The number of aromatic nitrogens is 3. The molecule has 1 atom stereocenters. The first-order chi connectivity index (χ1) is 13.4. The molecule has 1 aliphatic rings. The summed E-state index contributed by atoms with van der Waals surface area (Å²) < 4.78 is 20.8. The highest BCUT2D eigenvalue weighted by Gasteiger charge is 2.26. The van der Waals surface area contributed by atoms with E-state index in [-0.39, 0.29) is 11.9 Å². The van der Waals surface area contributed by atoms with Crippen LogP contribution >= 0.6 is 11.3 Å². The molecule has 4 heterocycles. The number of aryl methyl sites for hydroxylation is 2. The Bertz CT molecular complexity index is 1000. The smallest absolute Gasteiger partial charge is 0.215 e. The molecule has 1 fully saturated rings. The third-order valence-electron chi connectivity index (χ3n) is 5.22. The van der Waals surface area contributed by atoms with Crippen LogP contribution in [0.25, 0.3) is 10.3 Å². The zero-order valence-corrected chi connectivity index (χ0v) is 17.4. The van der Waals surface area contributed by atoms with Crippen molar-refractivity contribution in [1.29, 1.82) is 0 Å². The number of piperazine rings is 1. The second-order valence-corrected chi connectivity index (χ2v) is 8.35. The van der Waals surface area contributed by atoms with Crippen LogP contribution in [0.5, 0.6) is 5.88 Å². The fourth-order valence-electron chi connectivity index (χ4n) is 3.70. The molecule has 8 heteroatoms. The zero-order valence-electron chi connectivity index (χ0n) is 16.6.